The topological polar surface area (TPSA) is 134 Å². The van der Waals surface area contributed by atoms with Crippen LogP contribution in [0.25, 0.3) is 11.1 Å². The molecule has 0 saturated carbocycles. The van der Waals surface area contributed by atoms with Crippen LogP contribution in [0.15, 0.2) is 48.5 Å². The zero-order valence-electron chi connectivity index (χ0n) is 18.0. The highest BCUT2D eigenvalue weighted by atomic mass is 16.5. The number of ether oxygens (including phenoxy) is 2. The smallest absolute Gasteiger partial charge is 0.407 e. The summed E-state index contributed by atoms with van der Waals surface area (Å²) in [6, 6.07) is 14.4. The van der Waals surface area contributed by atoms with Gasteiger partial charge in [0.1, 0.15) is 12.6 Å². The monoisotopic (exact) mass is 454 g/mol. The predicted octanol–water partition coefficient (Wildman–Crippen LogP) is 1.64. The van der Waals surface area contributed by atoms with E-state index in [-0.39, 0.29) is 25.7 Å². The summed E-state index contributed by atoms with van der Waals surface area (Å²) in [6.07, 6.45) is -1.13. The Hall–Kier alpha value is -3.43. The van der Waals surface area contributed by atoms with Gasteiger partial charge in [0.25, 0.3) is 0 Å². The number of amides is 2. The number of aliphatic hydroxyl groups excluding tert-OH is 1. The maximum absolute atomic E-state index is 12.7. The van der Waals surface area contributed by atoms with Crippen molar-refractivity contribution in [2.24, 2.45) is 0 Å². The molecule has 33 heavy (non-hydrogen) atoms. The standard InChI is InChI=1S/C24H26N2O7/c27-13-24(9-10-32-14-24)26-22(30)20(11-21(28)29)25-23(31)33-12-19-17-7-3-1-5-15(17)16-6-2-4-8-18(16)19/h1-8,19-20,27H,9-14H2,(H,25,31)(H,26,30)(H,28,29). The van der Waals surface area contributed by atoms with Crippen molar-refractivity contribution in [3.63, 3.8) is 0 Å². The van der Waals surface area contributed by atoms with Gasteiger partial charge in [-0.2, -0.15) is 0 Å². The van der Waals surface area contributed by atoms with Crippen molar-refractivity contribution in [3.05, 3.63) is 59.7 Å². The number of hydrogen-bond acceptors (Lipinski definition) is 6. The number of carboxylic acids is 1. The second-order valence-electron chi connectivity index (χ2n) is 8.35. The molecule has 1 heterocycles. The number of carboxylic acid groups (broad SMARTS) is 1. The van der Waals surface area contributed by atoms with Crippen LogP contribution in [0.1, 0.15) is 29.9 Å². The normalized spacial score (nSPS) is 19.9. The minimum Gasteiger partial charge on any atom is -0.481 e. The van der Waals surface area contributed by atoms with E-state index in [1.807, 2.05) is 48.5 Å². The third-order valence-electron chi connectivity index (χ3n) is 6.13. The zero-order valence-corrected chi connectivity index (χ0v) is 18.0. The largest absolute Gasteiger partial charge is 0.481 e. The van der Waals surface area contributed by atoms with Gasteiger partial charge >= 0.3 is 12.1 Å². The molecule has 2 amide bonds. The number of fused-ring (bicyclic) bond motifs is 3. The van der Waals surface area contributed by atoms with E-state index in [1.54, 1.807) is 0 Å². The van der Waals surface area contributed by atoms with Gasteiger partial charge in [0.2, 0.25) is 5.91 Å². The van der Waals surface area contributed by atoms with Crippen molar-refractivity contribution < 1.29 is 34.1 Å². The number of aliphatic hydroxyl groups is 1. The molecule has 2 aromatic rings. The Kier molecular flexibility index (Phi) is 6.62. The van der Waals surface area contributed by atoms with E-state index >= 15 is 0 Å². The molecule has 0 bridgehead atoms. The quantitative estimate of drug-likeness (QED) is 0.476. The van der Waals surface area contributed by atoms with Gasteiger partial charge in [-0.15, -0.1) is 0 Å². The molecule has 2 unspecified atom stereocenters. The average molecular weight is 454 g/mol. The van der Waals surface area contributed by atoms with Gasteiger partial charge in [-0.05, 0) is 28.7 Å². The van der Waals surface area contributed by atoms with E-state index < -0.39 is 36.0 Å². The summed E-state index contributed by atoms with van der Waals surface area (Å²) in [5, 5.41) is 23.8. The minimum atomic E-state index is -1.36. The van der Waals surface area contributed by atoms with Crippen molar-refractivity contribution >= 4 is 18.0 Å². The van der Waals surface area contributed by atoms with Crippen LogP contribution in [0.2, 0.25) is 0 Å². The van der Waals surface area contributed by atoms with Gasteiger partial charge in [0, 0.05) is 12.5 Å². The molecule has 1 aliphatic carbocycles. The van der Waals surface area contributed by atoms with Crippen LogP contribution in [-0.2, 0) is 19.1 Å². The predicted molar refractivity (Wildman–Crippen MR) is 118 cm³/mol. The Morgan fingerprint density at radius 3 is 2.27 bits per heavy atom. The summed E-state index contributed by atoms with van der Waals surface area (Å²) in [5.41, 5.74) is 3.25. The molecule has 1 saturated heterocycles. The Balaban J connectivity index is 1.42. The fraction of sp³-hybridized carbons (Fsp3) is 0.375. The Bertz CT molecular complexity index is 1000. The Labute approximate surface area is 190 Å². The lowest BCUT2D eigenvalue weighted by molar-refractivity contribution is -0.140. The lowest BCUT2D eigenvalue weighted by atomic mass is 9.98. The van der Waals surface area contributed by atoms with Crippen LogP contribution >= 0.6 is 0 Å². The average Bonchev–Trinajstić information content (AvgIpc) is 3.40. The van der Waals surface area contributed by atoms with E-state index in [4.69, 9.17) is 9.47 Å². The first-order valence-corrected chi connectivity index (χ1v) is 10.8. The Morgan fingerprint density at radius 1 is 1.09 bits per heavy atom. The summed E-state index contributed by atoms with van der Waals surface area (Å²) < 4.78 is 10.7. The molecule has 2 aromatic carbocycles. The lowest BCUT2D eigenvalue weighted by Crippen LogP contribution is -2.58. The van der Waals surface area contributed by atoms with Crippen LogP contribution in [0.5, 0.6) is 0 Å². The number of benzene rings is 2. The second-order valence-corrected chi connectivity index (χ2v) is 8.35. The summed E-state index contributed by atoms with van der Waals surface area (Å²) in [7, 11) is 0. The van der Waals surface area contributed by atoms with E-state index in [2.05, 4.69) is 10.6 Å². The lowest BCUT2D eigenvalue weighted by Gasteiger charge is -2.28. The highest BCUT2D eigenvalue weighted by Crippen LogP contribution is 2.44. The van der Waals surface area contributed by atoms with Crippen molar-refractivity contribution in [1.29, 1.82) is 0 Å². The highest BCUT2D eigenvalue weighted by molar-refractivity contribution is 5.89. The van der Waals surface area contributed by atoms with Crippen LogP contribution in [0.4, 0.5) is 4.79 Å². The number of nitrogens with one attached hydrogen (secondary N) is 2. The summed E-state index contributed by atoms with van der Waals surface area (Å²) >= 11 is 0. The number of carbonyl (C=O) groups excluding carboxylic acids is 2. The fourth-order valence-electron chi connectivity index (χ4n) is 4.38. The van der Waals surface area contributed by atoms with E-state index in [9.17, 15) is 24.6 Å². The molecule has 0 spiro atoms. The molecule has 2 atom stereocenters. The summed E-state index contributed by atoms with van der Waals surface area (Å²) in [6.45, 7) is 0.156. The van der Waals surface area contributed by atoms with Gasteiger partial charge in [0.05, 0.1) is 25.2 Å². The fourth-order valence-corrected chi connectivity index (χ4v) is 4.38. The Morgan fingerprint density at radius 2 is 1.73 bits per heavy atom. The number of aliphatic carboxylic acids is 1. The van der Waals surface area contributed by atoms with Crippen molar-refractivity contribution in [3.8, 4) is 11.1 Å². The molecule has 9 heteroatoms. The summed E-state index contributed by atoms with van der Waals surface area (Å²) in [5.74, 6) is -2.14. The maximum atomic E-state index is 12.7. The van der Waals surface area contributed by atoms with Crippen LogP contribution < -0.4 is 10.6 Å². The first-order valence-electron chi connectivity index (χ1n) is 10.8. The molecule has 174 valence electrons. The van der Waals surface area contributed by atoms with Crippen LogP contribution in [-0.4, -0.2) is 66.2 Å². The van der Waals surface area contributed by atoms with Gasteiger partial charge in [0.15, 0.2) is 0 Å². The molecular weight excluding hydrogens is 428 g/mol. The second kappa shape index (κ2) is 9.60. The van der Waals surface area contributed by atoms with E-state index in [1.165, 1.54) is 0 Å². The van der Waals surface area contributed by atoms with Crippen molar-refractivity contribution in [2.75, 3.05) is 26.4 Å². The third kappa shape index (κ3) is 4.84. The number of hydrogen-bond donors (Lipinski definition) is 4. The molecule has 1 aliphatic heterocycles. The highest BCUT2D eigenvalue weighted by Gasteiger charge is 2.38. The van der Waals surface area contributed by atoms with E-state index in [0.29, 0.717) is 13.0 Å². The molecular formula is C24H26N2O7. The molecule has 4 rings (SSSR count). The number of alkyl carbamates (subject to hydrolysis) is 1. The van der Waals surface area contributed by atoms with Crippen LogP contribution in [0.3, 0.4) is 0 Å². The van der Waals surface area contributed by atoms with Crippen molar-refractivity contribution in [1.82, 2.24) is 10.6 Å². The first-order chi connectivity index (χ1) is 15.9. The molecule has 1 fully saturated rings. The third-order valence-corrected chi connectivity index (χ3v) is 6.13. The molecule has 0 radical (unpaired) electrons. The van der Waals surface area contributed by atoms with Gasteiger partial charge < -0.3 is 30.3 Å². The molecule has 0 aromatic heterocycles. The SMILES string of the molecule is O=C(O)CC(NC(=O)OCC1c2ccccc2-c2ccccc21)C(=O)NC1(CO)CCOC1. The van der Waals surface area contributed by atoms with Crippen molar-refractivity contribution in [2.45, 2.75) is 30.3 Å². The molecule has 4 N–H and O–H groups in total. The van der Waals surface area contributed by atoms with Crippen LogP contribution in [0, 0.1) is 0 Å². The first kappa shape index (κ1) is 22.8. The molecule has 2 aliphatic rings. The zero-order chi connectivity index (χ0) is 23.4. The minimum absolute atomic E-state index is 0.0374. The van der Waals surface area contributed by atoms with Gasteiger partial charge in [-0.1, -0.05) is 48.5 Å². The number of rotatable bonds is 8. The molecule has 9 nitrogen and oxygen atoms in total. The van der Waals surface area contributed by atoms with Gasteiger partial charge in [-0.3, -0.25) is 9.59 Å². The summed E-state index contributed by atoms with van der Waals surface area (Å²) in [4.78, 5) is 36.5. The number of carbonyl (C=O) groups is 3. The van der Waals surface area contributed by atoms with Gasteiger partial charge in [-0.25, -0.2) is 4.79 Å². The van der Waals surface area contributed by atoms with E-state index in [0.717, 1.165) is 22.3 Å². The maximum Gasteiger partial charge on any atom is 0.407 e.